The minimum atomic E-state index is -0.578. The molecule has 4 aliphatic rings. The highest BCUT2D eigenvalue weighted by molar-refractivity contribution is 6.11. The molecule has 0 aromatic rings. The van der Waals surface area contributed by atoms with Crippen LogP contribution in [-0.4, -0.2) is 22.5 Å². The van der Waals surface area contributed by atoms with Crippen LogP contribution in [0.2, 0.25) is 0 Å². The van der Waals surface area contributed by atoms with E-state index in [1.165, 1.54) is 6.08 Å². The quantitative estimate of drug-likeness (QED) is 0.746. The van der Waals surface area contributed by atoms with Gasteiger partial charge in [0.1, 0.15) is 5.78 Å². The topological polar surface area (TPSA) is 71.4 Å². The fourth-order valence-electron chi connectivity index (χ4n) is 5.89. The van der Waals surface area contributed by atoms with E-state index < -0.39 is 11.2 Å². The van der Waals surface area contributed by atoms with Gasteiger partial charge < -0.3 is 5.11 Å². The Morgan fingerprint density at radius 3 is 2.61 bits per heavy atom. The van der Waals surface area contributed by atoms with Gasteiger partial charge in [-0.2, -0.15) is 0 Å². The van der Waals surface area contributed by atoms with Crippen molar-refractivity contribution in [3.05, 3.63) is 23.5 Å². The average molecular weight is 314 g/mol. The van der Waals surface area contributed by atoms with Crippen LogP contribution in [-0.2, 0) is 14.4 Å². The third kappa shape index (κ3) is 1.75. The van der Waals surface area contributed by atoms with E-state index in [1.807, 2.05) is 6.92 Å². The van der Waals surface area contributed by atoms with Crippen molar-refractivity contribution in [3.63, 3.8) is 0 Å². The van der Waals surface area contributed by atoms with Crippen molar-refractivity contribution < 1.29 is 19.5 Å². The first-order valence-electron chi connectivity index (χ1n) is 8.52. The van der Waals surface area contributed by atoms with E-state index in [0.717, 1.165) is 19.3 Å². The summed E-state index contributed by atoms with van der Waals surface area (Å²) in [6, 6.07) is 0. The normalized spacial score (nSPS) is 45.8. The highest BCUT2D eigenvalue weighted by Gasteiger charge is 2.60. The summed E-state index contributed by atoms with van der Waals surface area (Å²) < 4.78 is 0. The number of carbonyl (C=O) groups excluding carboxylic acids is 3. The molecule has 3 saturated carbocycles. The van der Waals surface area contributed by atoms with Crippen molar-refractivity contribution in [1.82, 2.24) is 0 Å². The summed E-state index contributed by atoms with van der Waals surface area (Å²) in [7, 11) is 0. The number of fused-ring (bicyclic) bond motifs is 5. The minimum absolute atomic E-state index is 0.00875. The molecule has 4 aliphatic carbocycles. The van der Waals surface area contributed by atoms with Gasteiger partial charge in [-0.3, -0.25) is 14.4 Å². The van der Waals surface area contributed by atoms with E-state index >= 15 is 0 Å². The number of hydrogen-bond acceptors (Lipinski definition) is 4. The van der Waals surface area contributed by atoms with Crippen molar-refractivity contribution in [2.45, 2.75) is 46.0 Å². The van der Waals surface area contributed by atoms with E-state index in [4.69, 9.17) is 0 Å². The lowest BCUT2D eigenvalue weighted by Gasteiger charge is -2.54. The van der Waals surface area contributed by atoms with E-state index in [9.17, 15) is 19.5 Å². The lowest BCUT2D eigenvalue weighted by molar-refractivity contribution is -0.136. The first-order valence-corrected chi connectivity index (χ1v) is 8.52. The molecule has 1 N–H and O–H groups in total. The molecule has 0 aliphatic heterocycles. The Balaban J connectivity index is 1.80. The Kier molecular flexibility index (Phi) is 2.86. The van der Waals surface area contributed by atoms with Crippen LogP contribution < -0.4 is 0 Å². The molecule has 4 rings (SSSR count). The number of ketones is 3. The second-order valence-corrected chi connectivity index (χ2v) is 8.16. The molecule has 0 unspecified atom stereocenters. The highest BCUT2D eigenvalue weighted by Crippen LogP contribution is 2.63. The van der Waals surface area contributed by atoms with Gasteiger partial charge in [-0.15, -0.1) is 0 Å². The second-order valence-electron chi connectivity index (χ2n) is 8.16. The van der Waals surface area contributed by atoms with Crippen LogP contribution in [0, 0.1) is 28.6 Å². The third-order valence-electron chi connectivity index (χ3n) is 7.18. The van der Waals surface area contributed by atoms with E-state index in [0.29, 0.717) is 24.2 Å². The van der Waals surface area contributed by atoms with E-state index in [1.54, 1.807) is 6.08 Å². The highest BCUT2D eigenvalue weighted by atomic mass is 16.3. The number of carbonyl (C=O) groups is 3. The molecule has 4 heteroatoms. The molecule has 5 atom stereocenters. The fourth-order valence-corrected chi connectivity index (χ4v) is 5.89. The van der Waals surface area contributed by atoms with Gasteiger partial charge in [-0.25, -0.2) is 0 Å². The van der Waals surface area contributed by atoms with Crippen molar-refractivity contribution >= 4 is 17.3 Å². The molecular weight excluding hydrogens is 292 g/mol. The van der Waals surface area contributed by atoms with Crippen LogP contribution >= 0.6 is 0 Å². The summed E-state index contributed by atoms with van der Waals surface area (Å²) in [5, 5.41) is 9.94. The first kappa shape index (κ1) is 14.9. The lowest BCUT2D eigenvalue weighted by atomic mass is 9.48. The molecule has 0 amide bonds. The van der Waals surface area contributed by atoms with Gasteiger partial charge >= 0.3 is 0 Å². The monoisotopic (exact) mass is 314 g/mol. The van der Waals surface area contributed by atoms with Gasteiger partial charge in [0.25, 0.3) is 0 Å². The number of rotatable bonds is 0. The molecule has 122 valence electrons. The average Bonchev–Trinajstić information content (AvgIpc) is 2.78. The predicted molar refractivity (Wildman–Crippen MR) is 83.6 cm³/mol. The molecule has 0 aromatic carbocycles. The summed E-state index contributed by atoms with van der Waals surface area (Å²) in [5.74, 6) is 0.273. The summed E-state index contributed by atoms with van der Waals surface area (Å²) in [5.41, 5.74) is -0.310. The SMILES string of the molecule is C[C@]12C=C(O)C(=O)C=C1C(=O)C[C@@H]1[C@@H]2CC[C@]2(C)C(=O)CC[C@@H]12. The van der Waals surface area contributed by atoms with Gasteiger partial charge in [0.05, 0.1) is 0 Å². The molecule has 4 nitrogen and oxygen atoms in total. The van der Waals surface area contributed by atoms with Crippen molar-refractivity contribution in [2.75, 3.05) is 0 Å². The maximum absolute atomic E-state index is 12.7. The van der Waals surface area contributed by atoms with Crippen LogP contribution in [0.3, 0.4) is 0 Å². The standard InChI is InChI=1S/C19H22O4/c1-18-6-5-12-10(11(18)3-4-17(18)23)7-14(20)13-8-15(21)16(22)9-19(12,13)2/h8-12,22H,3-7H2,1-2H3/t10-,11-,12-,18-,19+/m0/s1. The molecule has 0 heterocycles. The van der Waals surface area contributed by atoms with Crippen molar-refractivity contribution in [1.29, 1.82) is 0 Å². The molecule has 23 heavy (non-hydrogen) atoms. The van der Waals surface area contributed by atoms with Gasteiger partial charge in [0, 0.05) is 29.2 Å². The molecule has 0 bridgehead atoms. The zero-order valence-corrected chi connectivity index (χ0v) is 13.6. The Hall–Kier alpha value is -1.71. The summed E-state index contributed by atoms with van der Waals surface area (Å²) in [6.07, 6.45) is 6.56. The molecular formula is C19H22O4. The number of Topliss-reactive ketones (excluding diaryl/α,β-unsaturated/α-hetero) is 2. The van der Waals surface area contributed by atoms with Crippen LogP contribution in [0.25, 0.3) is 0 Å². The van der Waals surface area contributed by atoms with Gasteiger partial charge in [-0.05, 0) is 49.2 Å². The Bertz CT molecular complexity index is 700. The Morgan fingerprint density at radius 1 is 1.13 bits per heavy atom. The van der Waals surface area contributed by atoms with Crippen molar-refractivity contribution in [3.8, 4) is 0 Å². The zero-order valence-electron chi connectivity index (χ0n) is 13.6. The summed E-state index contributed by atoms with van der Waals surface area (Å²) >= 11 is 0. The number of aliphatic hydroxyl groups excluding tert-OH is 1. The fraction of sp³-hybridized carbons (Fsp3) is 0.632. The molecule has 3 fully saturated rings. The van der Waals surface area contributed by atoms with Crippen LogP contribution in [0.15, 0.2) is 23.5 Å². The number of allylic oxidation sites excluding steroid dienone is 3. The predicted octanol–water partition coefficient (Wildman–Crippen LogP) is 2.93. The summed E-state index contributed by atoms with van der Waals surface area (Å²) in [6.45, 7) is 4.04. The molecule has 0 spiro atoms. The first-order chi connectivity index (χ1) is 10.8. The molecule has 0 aromatic heterocycles. The van der Waals surface area contributed by atoms with E-state index in [2.05, 4.69) is 6.92 Å². The lowest BCUT2D eigenvalue weighted by Crippen LogP contribution is -2.52. The second kappa shape index (κ2) is 4.43. The third-order valence-corrected chi connectivity index (χ3v) is 7.18. The largest absolute Gasteiger partial charge is 0.504 e. The maximum Gasteiger partial charge on any atom is 0.220 e. The Labute approximate surface area is 135 Å². The summed E-state index contributed by atoms with van der Waals surface area (Å²) in [4.78, 5) is 36.8. The molecule has 0 radical (unpaired) electrons. The minimum Gasteiger partial charge on any atom is -0.504 e. The van der Waals surface area contributed by atoms with Crippen LogP contribution in [0.1, 0.15) is 46.0 Å². The van der Waals surface area contributed by atoms with Crippen LogP contribution in [0.4, 0.5) is 0 Å². The number of hydrogen-bond donors (Lipinski definition) is 1. The molecule has 0 saturated heterocycles. The van der Waals surface area contributed by atoms with Gasteiger partial charge in [0.15, 0.2) is 11.5 Å². The van der Waals surface area contributed by atoms with Crippen molar-refractivity contribution in [2.24, 2.45) is 28.6 Å². The Morgan fingerprint density at radius 2 is 1.87 bits per heavy atom. The van der Waals surface area contributed by atoms with Gasteiger partial charge in [-0.1, -0.05) is 13.8 Å². The number of aliphatic hydroxyl groups is 1. The van der Waals surface area contributed by atoms with E-state index in [-0.39, 0.29) is 34.7 Å². The maximum atomic E-state index is 12.7. The zero-order chi connectivity index (χ0) is 16.6. The van der Waals surface area contributed by atoms with Gasteiger partial charge in [0.2, 0.25) is 5.78 Å². The smallest absolute Gasteiger partial charge is 0.220 e. The van der Waals surface area contributed by atoms with Crippen LogP contribution in [0.5, 0.6) is 0 Å².